The molecule has 2 fully saturated rings. The first kappa shape index (κ1) is 23.1. The molecule has 1 saturated heterocycles. The second-order valence-corrected chi connectivity index (χ2v) is 10.6. The van der Waals surface area contributed by atoms with Crippen LogP contribution in [0.25, 0.3) is 21.6 Å². The quantitative estimate of drug-likeness (QED) is 0.343. The van der Waals surface area contributed by atoms with Crippen molar-refractivity contribution in [3.05, 3.63) is 41.8 Å². The normalized spacial score (nSPS) is 16.7. The van der Waals surface area contributed by atoms with Gasteiger partial charge in [-0.3, -0.25) is 14.9 Å². The Morgan fingerprint density at radius 2 is 1.81 bits per heavy atom. The van der Waals surface area contributed by atoms with E-state index in [1.807, 2.05) is 18.2 Å². The summed E-state index contributed by atoms with van der Waals surface area (Å²) >= 11 is 1.62. The van der Waals surface area contributed by atoms with Crippen LogP contribution in [0, 0.1) is 0 Å². The van der Waals surface area contributed by atoms with Crippen LogP contribution in [0.4, 0.5) is 17.2 Å². The number of likely N-dealkylation sites (tertiary alicyclic amines) is 1. The Balaban J connectivity index is 1.15. The maximum atomic E-state index is 6.35. The Kier molecular flexibility index (Phi) is 6.61. The number of nitrogens with zero attached hydrogens (tertiary/aromatic N) is 6. The highest BCUT2D eigenvalue weighted by Crippen LogP contribution is 2.39. The van der Waals surface area contributed by atoms with Crippen LogP contribution in [0.2, 0.25) is 0 Å². The van der Waals surface area contributed by atoms with Gasteiger partial charge in [0, 0.05) is 18.5 Å². The number of anilines is 3. The fraction of sp³-hybridized carbons (Fsp3) is 0.423. The van der Waals surface area contributed by atoms with Crippen molar-refractivity contribution in [3.63, 3.8) is 0 Å². The van der Waals surface area contributed by atoms with E-state index in [0.717, 1.165) is 44.8 Å². The van der Waals surface area contributed by atoms with Crippen molar-refractivity contribution in [2.24, 2.45) is 0 Å². The lowest BCUT2D eigenvalue weighted by molar-refractivity contribution is 0.237. The highest BCUT2D eigenvalue weighted by molar-refractivity contribution is 7.14. The van der Waals surface area contributed by atoms with Gasteiger partial charge < -0.3 is 15.8 Å². The van der Waals surface area contributed by atoms with Gasteiger partial charge in [0.05, 0.1) is 46.6 Å². The van der Waals surface area contributed by atoms with Crippen LogP contribution < -0.4 is 15.8 Å². The topological polar surface area (TPSA) is 115 Å². The van der Waals surface area contributed by atoms with E-state index in [9.17, 15) is 0 Å². The standard InChI is InChI=1S/C26H30N8OS/c27-24-21(26-33-32-25(36-26)17-5-1-2-6-17)13-22-23(31-24)12-19(15-29-22)30-18-11-20(16-28-14-18)35-10-9-34-7-3-4-8-34/h11-17,30H,1-10H2,(H2,27,31). The van der Waals surface area contributed by atoms with Crippen molar-refractivity contribution in [2.45, 2.75) is 44.4 Å². The lowest BCUT2D eigenvalue weighted by Gasteiger charge is -2.15. The molecule has 5 heterocycles. The molecule has 0 aromatic carbocycles. The summed E-state index contributed by atoms with van der Waals surface area (Å²) in [6.45, 7) is 3.94. The van der Waals surface area contributed by atoms with Crippen molar-refractivity contribution in [1.82, 2.24) is 30.0 Å². The molecule has 1 aliphatic heterocycles. The molecule has 0 spiro atoms. The van der Waals surface area contributed by atoms with Gasteiger partial charge in [-0.25, -0.2) is 4.98 Å². The summed E-state index contributed by atoms with van der Waals surface area (Å²) in [5.41, 5.74) is 10.2. The lowest BCUT2D eigenvalue weighted by atomic mass is 10.1. The fourth-order valence-electron chi connectivity index (χ4n) is 5.02. The van der Waals surface area contributed by atoms with E-state index in [0.29, 0.717) is 23.9 Å². The van der Waals surface area contributed by atoms with Crippen LogP contribution in [0.3, 0.4) is 0 Å². The molecule has 3 N–H and O–H groups in total. The van der Waals surface area contributed by atoms with Crippen LogP contribution in [0.15, 0.2) is 36.8 Å². The Labute approximate surface area is 214 Å². The number of fused-ring (bicyclic) bond motifs is 1. The molecule has 0 atom stereocenters. The minimum absolute atomic E-state index is 0.436. The van der Waals surface area contributed by atoms with Gasteiger partial charge in [0.15, 0.2) is 5.01 Å². The van der Waals surface area contributed by atoms with Crippen molar-refractivity contribution < 1.29 is 4.74 Å². The Morgan fingerprint density at radius 3 is 2.67 bits per heavy atom. The monoisotopic (exact) mass is 502 g/mol. The van der Waals surface area contributed by atoms with Crippen molar-refractivity contribution in [1.29, 1.82) is 0 Å². The minimum Gasteiger partial charge on any atom is -0.491 e. The molecule has 36 heavy (non-hydrogen) atoms. The Morgan fingerprint density at radius 1 is 0.972 bits per heavy atom. The second kappa shape index (κ2) is 10.3. The molecule has 1 saturated carbocycles. The van der Waals surface area contributed by atoms with E-state index in [1.54, 1.807) is 29.9 Å². The SMILES string of the molecule is Nc1nc2cc(Nc3cncc(OCCN4CCCC4)c3)cnc2cc1-c1nnc(C2CCCC2)s1. The van der Waals surface area contributed by atoms with Gasteiger partial charge in [-0.15, -0.1) is 10.2 Å². The summed E-state index contributed by atoms with van der Waals surface area (Å²) in [4.78, 5) is 16.0. The van der Waals surface area contributed by atoms with Gasteiger partial charge in [-0.2, -0.15) is 0 Å². The summed E-state index contributed by atoms with van der Waals surface area (Å²) in [5, 5.41) is 14.1. The Bertz CT molecular complexity index is 1350. The smallest absolute Gasteiger partial charge is 0.151 e. The molecule has 2 aliphatic rings. The number of nitrogens with one attached hydrogen (secondary N) is 1. The first-order valence-electron chi connectivity index (χ1n) is 12.7. The number of aromatic nitrogens is 5. The zero-order chi connectivity index (χ0) is 24.3. The van der Waals surface area contributed by atoms with Crippen molar-refractivity contribution >= 4 is 39.6 Å². The van der Waals surface area contributed by atoms with E-state index in [4.69, 9.17) is 10.5 Å². The van der Waals surface area contributed by atoms with E-state index in [-0.39, 0.29) is 0 Å². The molecule has 0 bridgehead atoms. The van der Waals surface area contributed by atoms with Crippen molar-refractivity contribution in [3.8, 4) is 16.3 Å². The molecule has 0 unspecified atom stereocenters. The zero-order valence-corrected chi connectivity index (χ0v) is 21.0. The van der Waals surface area contributed by atoms with Gasteiger partial charge in [0.25, 0.3) is 0 Å². The van der Waals surface area contributed by atoms with E-state index in [2.05, 4.69) is 35.4 Å². The first-order valence-corrected chi connectivity index (χ1v) is 13.5. The molecular weight excluding hydrogens is 472 g/mol. The third kappa shape index (κ3) is 5.10. The first-order chi connectivity index (χ1) is 17.7. The van der Waals surface area contributed by atoms with Crippen LogP contribution in [-0.4, -0.2) is 56.3 Å². The van der Waals surface area contributed by atoms with Crippen LogP contribution in [0.1, 0.15) is 49.5 Å². The van der Waals surface area contributed by atoms with Gasteiger partial charge in [0.2, 0.25) is 0 Å². The predicted octanol–water partition coefficient (Wildman–Crippen LogP) is 5.00. The molecule has 186 valence electrons. The van der Waals surface area contributed by atoms with Crippen LogP contribution in [-0.2, 0) is 0 Å². The van der Waals surface area contributed by atoms with Gasteiger partial charge in [-0.1, -0.05) is 24.2 Å². The van der Waals surface area contributed by atoms with E-state index >= 15 is 0 Å². The molecule has 0 radical (unpaired) electrons. The summed E-state index contributed by atoms with van der Waals surface area (Å²) < 4.78 is 5.92. The number of hydrogen-bond donors (Lipinski definition) is 2. The average Bonchev–Trinajstić information content (AvgIpc) is 3.67. The lowest BCUT2D eigenvalue weighted by Crippen LogP contribution is -2.25. The average molecular weight is 503 g/mol. The molecule has 6 rings (SSSR count). The zero-order valence-electron chi connectivity index (χ0n) is 20.2. The molecule has 1 aliphatic carbocycles. The highest BCUT2D eigenvalue weighted by atomic mass is 32.1. The van der Waals surface area contributed by atoms with Crippen LogP contribution >= 0.6 is 11.3 Å². The summed E-state index contributed by atoms with van der Waals surface area (Å²) in [5.74, 6) is 1.71. The van der Waals surface area contributed by atoms with E-state index in [1.165, 1.54) is 51.6 Å². The number of pyridine rings is 3. The molecule has 4 aromatic heterocycles. The predicted molar refractivity (Wildman–Crippen MR) is 143 cm³/mol. The molecular formula is C26H30N8OS. The number of hydrogen-bond acceptors (Lipinski definition) is 10. The maximum absolute atomic E-state index is 6.35. The fourth-order valence-corrected chi connectivity index (χ4v) is 6.05. The van der Waals surface area contributed by atoms with Gasteiger partial charge >= 0.3 is 0 Å². The number of nitrogens with two attached hydrogens (primary N) is 1. The molecule has 10 heteroatoms. The number of rotatable bonds is 8. The third-order valence-corrected chi connectivity index (χ3v) is 8.07. The number of nitrogen functional groups attached to an aromatic ring is 1. The highest BCUT2D eigenvalue weighted by Gasteiger charge is 2.22. The summed E-state index contributed by atoms with van der Waals surface area (Å²) in [6, 6.07) is 5.84. The third-order valence-electron chi connectivity index (χ3n) is 6.95. The maximum Gasteiger partial charge on any atom is 0.151 e. The number of ether oxygens (including phenoxy) is 1. The Hall–Kier alpha value is -3.37. The minimum atomic E-state index is 0.436. The molecule has 4 aromatic rings. The van der Waals surface area contributed by atoms with E-state index < -0.39 is 0 Å². The van der Waals surface area contributed by atoms with Crippen molar-refractivity contribution in [2.75, 3.05) is 37.3 Å². The summed E-state index contributed by atoms with van der Waals surface area (Å²) in [7, 11) is 0. The summed E-state index contributed by atoms with van der Waals surface area (Å²) in [6.07, 6.45) is 12.8. The molecule has 0 amide bonds. The molecule has 9 nitrogen and oxygen atoms in total. The van der Waals surface area contributed by atoms with Gasteiger partial charge in [0.1, 0.15) is 23.2 Å². The second-order valence-electron chi connectivity index (χ2n) is 9.54. The van der Waals surface area contributed by atoms with Gasteiger partial charge in [-0.05, 0) is 50.9 Å². The largest absolute Gasteiger partial charge is 0.491 e. The van der Waals surface area contributed by atoms with Crippen LogP contribution in [0.5, 0.6) is 5.75 Å².